The molecule has 0 N–H and O–H groups in total. The van der Waals surface area contributed by atoms with Gasteiger partial charge in [0, 0.05) is 18.4 Å². The predicted molar refractivity (Wildman–Crippen MR) is 280 cm³/mol. The van der Waals surface area contributed by atoms with Gasteiger partial charge in [0.15, 0.2) is 0 Å². The second-order valence-electron chi connectivity index (χ2n) is 19.4. The number of carbonyl (C=O) groups excluding carboxylic acids is 3. The summed E-state index contributed by atoms with van der Waals surface area (Å²) >= 11 is 0. The zero-order valence-corrected chi connectivity index (χ0v) is 46.9. The Morgan fingerprint density at radius 3 is 0.615 bits per heavy atom. The van der Waals surface area contributed by atoms with Crippen LogP contribution in [0.3, 0.4) is 0 Å². The van der Waals surface area contributed by atoms with Gasteiger partial charge in [0.1, 0.15) is 0 Å². The van der Waals surface area contributed by atoms with Crippen LogP contribution in [-0.2, 0) is 19.1 Å². The van der Waals surface area contributed by atoms with E-state index < -0.39 is 11.9 Å². The number of unbranched alkanes of at least 4 members (excludes halogenated alkanes) is 43. The number of carbonyl (C=O) groups is 3. The minimum atomic E-state index is -0.903. The Morgan fingerprint density at radius 1 is 0.262 bits per heavy atom. The van der Waals surface area contributed by atoms with Crippen LogP contribution in [0.4, 0.5) is 0 Å². The molecule has 0 aromatic rings. The summed E-state index contributed by atoms with van der Waals surface area (Å²) in [5.41, 5.74) is 0. The van der Waals surface area contributed by atoms with E-state index in [0.29, 0.717) is 13.0 Å². The molecule has 7 heteroatoms. The van der Waals surface area contributed by atoms with E-state index in [1.807, 2.05) is 0 Å². The fraction of sp³-hybridized carbons (Fsp3) is 0.948. The molecule has 0 heterocycles. The standard InChI is InChI=1S/C22H44O2.2C18H36O2.Ca/c1-3-5-7-8-9-10-11-12-13-14-15-16-17-18-19-20-22(23)24-21-6-4-2;2*1-2-3-4-5-6-7-8-9-10-11-12-13-14-15-16-17-18(19)20;/h3-21H2,1-2H3;2*2-17H2,1H3,(H,19,20);/q;;;+2/p-2. The zero-order valence-electron chi connectivity index (χ0n) is 44.7. The average Bonchev–Trinajstić information content (AvgIpc) is 3.28. The normalized spacial score (nSPS) is 10.7. The maximum absolute atomic E-state index is 11.4. The molecule has 65 heavy (non-hydrogen) atoms. The van der Waals surface area contributed by atoms with Crippen molar-refractivity contribution in [3.05, 3.63) is 0 Å². The Hall–Kier alpha value is -0.330. The van der Waals surface area contributed by atoms with Crippen LogP contribution >= 0.6 is 0 Å². The number of carboxylic acids is 2. The van der Waals surface area contributed by atoms with Crippen LogP contribution in [0.5, 0.6) is 0 Å². The summed E-state index contributed by atoms with van der Waals surface area (Å²) in [4.78, 5) is 31.9. The Bertz CT molecular complexity index is 838. The molecule has 0 aromatic carbocycles. The molecule has 0 unspecified atom stereocenters. The van der Waals surface area contributed by atoms with E-state index in [1.165, 1.54) is 257 Å². The van der Waals surface area contributed by atoms with Crippen LogP contribution < -0.4 is 10.2 Å². The van der Waals surface area contributed by atoms with Crippen LogP contribution in [0.2, 0.25) is 0 Å². The summed E-state index contributed by atoms with van der Waals surface area (Å²) in [6, 6.07) is 0. The maximum Gasteiger partial charge on any atom is 2.00 e. The largest absolute Gasteiger partial charge is 2.00 e. The molecule has 0 aliphatic rings. The molecular weight excluding hydrogens is 833 g/mol. The molecular formula is C58H114CaO6. The smallest absolute Gasteiger partial charge is 0.550 e. The van der Waals surface area contributed by atoms with Crippen LogP contribution in [0.25, 0.3) is 0 Å². The molecule has 6 nitrogen and oxygen atoms in total. The molecule has 0 saturated heterocycles. The van der Waals surface area contributed by atoms with Crippen molar-refractivity contribution in [2.75, 3.05) is 6.61 Å². The van der Waals surface area contributed by atoms with Crippen molar-refractivity contribution in [3.63, 3.8) is 0 Å². The SMILES string of the molecule is CCCCCCCCCCCCCCCCCC(=O)OCCCC.CCCCCCCCCCCCCCCCCC(=O)[O-].CCCCCCCCCCCCCCCCCC(=O)[O-].[Ca+2]. The van der Waals surface area contributed by atoms with E-state index >= 15 is 0 Å². The van der Waals surface area contributed by atoms with Gasteiger partial charge in [0.05, 0.1) is 6.61 Å². The first-order valence-corrected chi connectivity index (χ1v) is 28.9. The van der Waals surface area contributed by atoms with Gasteiger partial charge in [-0.15, -0.1) is 0 Å². The van der Waals surface area contributed by atoms with Crippen LogP contribution in [0, 0.1) is 0 Å². The summed E-state index contributed by atoms with van der Waals surface area (Å²) < 4.78 is 5.16. The van der Waals surface area contributed by atoms with Gasteiger partial charge in [-0.3, -0.25) is 4.79 Å². The van der Waals surface area contributed by atoms with E-state index in [9.17, 15) is 24.6 Å². The molecule has 0 atom stereocenters. The van der Waals surface area contributed by atoms with Gasteiger partial charge in [-0.25, -0.2) is 0 Å². The number of esters is 1. The zero-order chi connectivity index (χ0) is 47.5. The number of ether oxygens (including phenoxy) is 1. The first-order chi connectivity index (χ1) is 31.3. The van der Waals surface area contributed by atoms with E-state index in [2.05, 4.69) is 27.7 Å². The molecule has 0 amide bonds. The Kier molecular flexibility index (Phi) is 74.4. The van der Waals surface area contributed by atoms with Gasteiger partial charge < -0.3 is 24.5 Å². The van der Waals surface area contributed by atoms with Gasteiger partial charge >= 0.3 is 43.7 Å². The van der Waals surface area contributed by atoms with Crippen LogP contribution in [-0.4, -0.2) is 62.3 Å². The summed E-state index contributed by atoms with van der Waals surface area (Å²) in [6.45, 7) is 9.53. The van der Waals surface area contributed by atoms with E-state index in [-0.39, 0.29) is 56.5 Å². The summed E-state index contributed by atoms with van der Waals surface area (Å²) in [5, 5.41) is 20.4. The van der Waals surface area contributed by atoms with Crippen molar-refractivity contribution >= 4 is 55.6 Å². The molecule has 384 valence electrons. The number of aliphatic carboxylic acids is 2. The van der Waals surface area contributed by atoms with Crippen molar-refractivity contribution in [2.24, 2.45) is 0 Å². The molecule has 0 bridgehead atoms. The monoisotopic (exact) mass is 947 g/mol. The quantitative estimate of drug-likeness (QED) is 0.0342. The molecule has 0 spiro atoms. The summed E-state index contributed by atoms with van der Waals surface area (Å²) in [7, 11) is 0. The van der Waals surface area contributed by atoms with Crippen LogP contribution in [0.1, 0.15) is 349 Å². The fourth-order valence-corrected chi connectivity index (χ4v) is 8.32. The van der Waals surface area contributed by atoms with Gasteiger partial charge in [-0.2, -0.15) is 0 Å². The van der Waals surface area contributed by atoms with Crippen LogP contribution in [0.15, 0.2) is 0 Å². The molecule has 0 aliphatic carbocycles. The minimum Gasteiger partial charge on any atom is -0.550 e. The molecule has 0 aliphatic heterocycles. The average molecular weight is 948 g/mol. The Balaban J connectivity index is -0.000000429. The second-order valence-corrected chi connectivity index (χ2v) is 19.4. The van der Waals surface area contributed by atoms with Gasteiger partial charge in [-0.1, -0.05) is 304 Å². The van der Waals surface area contributed by atoms with Crippen molar-refractivity contribution < 1.29 is 29.3 Å². The third kappa shape index (κ3) is 78.1. The third-order valence-electron chi connectivity index (χ3n) is 12.7. The predicted octanol–water partition coefficient (Wildman–Crippen LogP) is 17.2. The van der Waals surface area contributed by atoms with Gasteiger partial charge in [-0.05, 0) is 38.5 Å². The summed E-state index contributed by atoms with van der Waals surface area (Å²) in [6.07, 6.45) is 62.8. The van der Waals surface area contributed by atoms with Gasteiger partial charge in [0.2, 0.25) is 0 Å². The number of hydrogen-bond acceptors (Lipinski definition) is 6. The topological polar surface area (TPSA) is 107 Å². The Morgan fingerprint density at radius 2 is 0.431 bits per heavy atom. The van der Waals surface area contributed by atoms with Gasteiger partial charge in [0.25, 0.3) is 0 Å². The van der Waals surface area contributed by atoms with E-state index in [0.717, 1.165) is 44.9 Å². The molecule has 0 aromatic heterocycles. The Labute approximate surface area is 437 Å². The molecule has 0 radical (unpaired) electrons. The maximum atomic E-state index is 11.4. The molecule has 0 fully saturated rings. The number of carboxylic acid groups (broad SMARTS) is 2. The first-order valence-electron chi connectivity index (χ1n) is 28.9. The van der Waals surface area contributed by atoms with Crippen molar-refractivity contribution in [3.8, 4) is 0 Å². The van der Waals surface area contributed by atoms with Crippen molar-refractivity contribution in [2.45, 2.75) is 349 Å². The van der Waals surface area contributed by atoms with Crippen molar-refractivity contribution in [1.29, 1.82) is 0 Å². The van der Waals surface area contributed by atoms with Crippen molar-refractivity contribution in [1.82, 2.24) is 0 Å². The van der Waals surface area contributed by atoms with E-state index in [4.69, 9.17) is 4.74 Å². The minimum absolute atomic E-state index is 0. The molecule has 0 rings (SSSR count). The molecule has 0 saturated carbocycles. The summed E-state index contributed by atoms with van der Waals surface area (Å²) in [5.74, 6) is -1.81. The first kappa shape index (κ1) is 71.2. The third-order valence-corrected chi connectivity index (χ3v) is 12.7. The number of hydrogen-bond donors (Lipinski definition) is 0. The number of rotatable bonds is 51. The second kappa shape index (κ2) is 67.9. The van der Waals surface area contributed by atoms with E-state index in [1.54, 1.807) is 0 Å². The fourth-order valence-electron chi connectivity index (χ4n) is 8.32.